The van der Waals surface area contributed by atoms with Crippen molar-refractivity contribution in [3.63, 3.8) is 0 Å². The van der Waals surface area contributed by atoms with Crippen LogP contribution in [0.1, 0.15) is 25.3 Å². The summed E-state index contributed by atoms with van der Waals surface area (Å²) in [6.07, 6.45) is 3.46. The fourth-order valence-corrected chi connectivity index (χ4v) is 6.67. The van der Waals surface area contributed by atoms with E-state index in [2.05, 4.69) is 22.8 Å². The standard InChI is InChI=1S/C21H26N2O4/c1-3-13-11-22-17-10-15(13)19(12-24,18(25)26-2)20-8-9-27-21(17,20)23-16-7-5-4-6-14(16)20/h3-7,15,17,22-24H,8-12H2,1-2H3/b13-3-/t15-,17+,19+,20-,21-/m0/s1. The van der Waals surface area contributed by atoms with Gasteiger partial charge in [-0.25, -0.2) is 0 Å². The first-order valence-electron chi connectivity index (χ1n) is 9.70. The first-order chi connectivity index (χ1) is 13.1. The molecule has 0 unspecified atom stereocenters. The van der Waals surface area contributed by atoms with Crippen LogP contribution in [0.4, 0.5) is 5.69 Å². The van der Waals surface area contributed by atoms with Crippen LogP contribution in [0.25, 0.3) is 0 Å². The summed E-state index contributed by atoms with van der Waals surface area (Å²) < 4.78 is 11.8. The lowest BCUT2D eigenvalue weighted by molar-refractivity contribution is -0.192. The van der Waals surface area contributed by atoms with Gasteiger partial charge in [0.25, 0.3) is 0 Å². The minimum absolute atomic E-state index is 0.0467. The molecule has 6 nitrogen and oxygen atoms in total. The molecule has 6 heteroatoms. The molecule has 3 N–H and O–H groups in total. The molecule has 0 radical (unpaired) electrons. The Morgan fingerprint density at radius 3 is 3.00 bits per heavy atom. The lowest BCUT2D eigenvalue weighted by atomic mass is 9.44. The second-order valence-corrected chi connectivity index (χ2v) is 8.12. The van der Waals surface area contributed by atoms with Gasteiger partial charge in [0.1, 0.15) is 5.41 Å². The number of carbonyl (C=O) groups is 1. The quantitative estimate of drug-likeness (QED) is 0.542. The average Bonchev–Trinajstić information content (AvgIpc) is 3.22. The molecule has 27 heavy (non-hydrogen) atoms. The van der Waals surface area contributed by atoms with E-state index < -0.39 is 16.6 Å². The molecule has 1 aromatic rings. The number of aliphatic hydroxyl groups is 1. The van der Waals surface area contributed by atoms with E-state index in [1.807, 2.05) is 25.1 Å². The highest BCUT2D eigenvalue weighted by atomic mass is 16.5. The van der Waals surface area contributed by atoms with Crippen LogP contribution in [-0.4, -0.2) is 49.7 Å². The van der Waals surface area contributed by atoms with Gasteiger partial charge in [-0.05, 0) is 31.4 Å². The van der Waals surface area contributed by atoms with Crippen molar-refractivity contribution in [1.82, 2.24) is 5.32 Å². The largest absolute Gasteiger partial charge is 0.468 e. The first-order valence-corrected chi connectivity index (χ1v) is 9.70. The van der Waals surface area contributed by atoms with E-state index in [4.69, 9.17) is 9.47 Å². The Balaban J connectivity index is 1.87. The van der Waals surface area contributed by atoms with Gasteiger partial charge >= 0.3 is 5.97 Å². The number of nitrogens with one attached hydrogen (secondary N) is 2. The van der Waals surface area contributed by atoms with Gasteiger partial charge in [-0.1, -0.05) is 29.8 Å². The summed E-state index contributed by atoms with van der Waals surface area (Å²) in [5.41, 5.74) is 0.658. The van der Waals surface area contributed by atoms with Crippen LogP contribution in [0, 0.1) is 11.3 Å². The van der Waals surface area contributed by atoms with Crippen LogP contribution in [-0.2, 0) is 19.7 Å². The summed E-state index contributed by atoms with van der Waals surface area (Å²) in [6, 6.07) is 8.14. The number of benzene rings is 1. The third-order valence-corrected chi connectivity index (χ3v) is 7.64. The van der Waals surface area contributed by atoms with E-state index in [-0.39, 0.29) is 24.5 Å². The number of rotatable bonds is 2. The fourth-order valence-electron chi connectivity index (χ4n) is 6.67. The highest BCUT2D eigenvalue weighted by Crippen LogP contribution is 2.70. The molecule has 2 saturated heterocycles. The predicted molar refractivity (Wildman–Crippen MR) is 100 cm³/mol. The topological polar surface area (TPSA) is 79.8 Å². The molecule has 1 saturated carbocycles. The van der Waals surface area contributed by atoms with Crippen molar-refractivity contribution in [2.24, 2.45) is 11.3 Å². The summed E-state index contributed by atoms with van der Waals surface area (Å²) in [6.45, 7) is 2.96. The number of carbonyl (C=O) groups excluding carboxylic acids is 1. The van der Waals surface area contributed by atoms with Crippen LogP contribution in [0.2, 0.25) is 0 Å². The number of ether oxygens (including phenoxy) is 2. The zero-order valence-corrected chi connectivity index (χ0v) is 15.7. The number of methoxy groups -OCH3 is 1. The molecule has 0 spiro atoms. The number of fused-ring (bicyclic) bond motifs is 3. The maximum atomic E-state index is 13.5. The minimum Gasteiger partial charge on any atom is -0.468 e. The summed E-state index contributed by atoms with van der Waals surface area (Å²) in [4.78, 5) is 13.5. The molecule has 3 fully saturated rings. The number of para-hydroxylation sites is 1. The second kappa shape index (κ2) is 5.56. The minimum atomic E-state index is -1.09. The summed E-state index contributed by atoms with van der Waals surface area (Å²) in [5.74, 6) is -0.433. The van der Waals surface area contributed by atoms with Gasteiger partial charge in [0, 0.05) is 18.2 Å². The zero-order chi connectivity index (χ0) is 18.9. The summed E-state index contributed by atoms with van der Waals surface area (Å²) >= 11 is 0. The summed E-state index contributed by atoms with van der Waals surface area (Å²) in [5, 5.41) is 18.1. The van der Waals surface area contributed by atoms with Crippen LogP contribution >= 0.6 is 0 Å². The fraction of sp³-hybridized carbons (Fsp3) is 0.571. The Kier molecular flexibility index (Phi) is 3.55. The van der Waals surface area contributed by atoms with E-state index in [0.29, 0.717) is 19.6 Å². The Hall–Kier alpha value is -1.89. The molecule has 1 aromatic carbocycles. The third kappa shape index (κ3) is 1.67. The first kappa shape index (κ1) is 17.2. The van der Waals surface area contributed by atoms with Gasteiger partial charge in [0.2, 0.25) is 0 Å². The molecule has 0 aromatic heterocycles. The molecular formula is C21H26N2O4. The molecule has 3 heterocycles. The van der Waals surface area contributed by atoms with Crippen molar-refractivity contribution in [3.05, 3.63) is 41.5 Å². The highest BCUT2D eigenvalue weighted by molar-refractivity contribution is 5.85. The van der Waals surface area contributed by atoms with Gasteiger partial charge in [-0.2, -0.15) is 0 Å². The average molecular weight is 370 g/mol. The van der Waals surface area contributed by atoms with Crippen molar-refractivity contribution < 1.29 is 19.4 Å². The molecule has 5 rings (SSSR count). The van der Waals surface area contributed by atoms with Crippen molar-refractivity contribution >= 4 is 11.7 Å². The van der Waals surface area contributed by atoms with E-state index >= 15 is 0 Å². The van der Waals surface area contributed by atoms with E-state index in [1.54, 1.807) is 0 Å². The third-order valence-electron chi connectivity index (χ3n) is 7.64. The molecule has 144 valence electrons. The molecule has 4 aliphatic rings. The van der Waals surface area contributed by atoms with Gasteiger partial charge in [-0.3, -0.25) is 4.79 Å². The van der Waals surface area contributed by atoms with Gasteiger partial charge in [0.05, 0.1) is 31.8 Å². The number of aliphatic hydroxyl groups excluding tert-OH is 1. The number of piperidine rings is 1. The van der Waals surface area contributed by atoms with E-state index in [9.17, 15) is 9.90 Å². The lowest BCUT2D eigenvalue weighted by Gasteiger charge is -2.62. The number of anilines is 1. The predicted octanol–water partition coefficient (Wildman–Crippen LogP) is 1.56. The summed E-state index contributed by atoms with van der Waals surface area (Å²) in [7, 11) is 1.42. The van der Waals surface area contributed by atoms with Crippen LogP contribution in [0.3, 0.4) is 0 Å². The molecule has 2 bridgehead atoms. The van der Waals surface area contributed by atoms with Gasteiger partial charge < -0.3 is 25.2 Å². The van der Waals surface area contributed by atoms with Gasteiger partial charge in [-0.15, -0.1) is 0 Å². The number of allylic oxidation sites excluding steroid dienone is 1. The Morgan fingerprint density at radius 2 is 2.26 bits per heavy atom. The zero-order valence-electron chi connectivity index (χ0n) is 15.7. The maximum Gasteiger partial charge on any atom is 0.315 e. The van der Waals surface area contributed by atoms with E-state index in [0.717, 1.165) is 23.2 Å². The Labute approximate surface area is 158 Å². The molecule has 0 amide bonds. The second-order valence-electron chi connectivity index (χ2n) is 8.12. The number of esters is 1. The molecular weight excluding hydrogens is 344 g/mol. The van der Waals surface area contributed by atoms with Crippen LogP contribution in [0.5, 0.6) is 0 Å². The monoisotopic (exact) mass is 370 g/mol. The van der Waals surface area contributed by atoms with Crippen molar-refractivity contribution in [3.8, 4) is 0 Å². The van der Waals surface area contributed by atoms with Crippen molar-refractivity contribution in [2.45, 2.75) is 36.9 Å². The normalized spacial score (nSPS) is 42.9. The lowest BCUT2D eigenvalue weighted by Crippen LogP contribution is -2.78. The molecule has 3 aliphatic heterocycles. The Morgan fingerprint density at radius 1 is 1.44 bits per heavy atom. The number of hydrogen-bond acceptors (Lipinski definition) is 6. The highest BCUT2D eigenvalue weighted by Gasteiger charge is 2.81. The van der Waals surface area contributed by atoms with Crippen LogP contribution < -0.4 is 10.6 Å². The van der Waals surface area contributed by atoms with E-state index in [1.165, 1.54) is 7.11 Å². The SMILES string of the molecule is C/C=C1/CN[C@@H]2C[C@@H]1[C@](CO)(C(=O)OC)[C@@]13CCO[C@@]21Nc1ccccc13. The Bertz CT molecular complexity index is 839. The molecule has 5 atom stereocenters. The smallest absolute Gasteiger partial charge is 0.315 e. The van der Waals surface area contributed by atoms with Crippen molar-refractivity contribution in [2.75, 3.05) is 32.2 Å². The van der Waals surface area contributed by atoms with Crippen LogP contribution in [0.15, 0.2) is 35.9 Å². The van der Waals surface area contributed by atoms with Gasteiger partial charge in [0.15, 0.2) is 5.72 Å². The number of hydrogen-bond donors (Lipinski definition) is 3. The molecule has 1 aliphatic carbocycles. The van der Waals surface area contributed by atoms with Crippen molar-refractivity contribution in [1.29, 1.82) is 0 Å². The maximum absolute atomic E-state index is 13.5.